The largest absolute Gasteiger partial charge is 0.481 e. The Bertz CT molecular complexity index is 418. The fourth-order valence-electron chi connectivity index (χ4n) is 2.08. The van der Waals surface area contributed by atoms with Crippen molar-refractivity contribution in [1.82, 2.24) is 4.90 Å². The van der Waals surface area contributed by atoms with Crippen molar-refractivity contribution in [2.75, 3.05) is 13.1 Å². The van der Waals surface area contributed by atoms with Gasteiger partial charge in [0, 0.05) is 23.7 Å². The van der Waals surface area contributed by atoms with Crippen molar-refractivity contribution in [3.05, 3.63) is 34.6 Å². The van der Waals surface area contributed by atoms with Gasteiger partial charge in [0.15, 0.2) is 0 Å². The van der Waals surface area contributed by atoms with Crippen molar-refractivity contribution in [3.8, 4) is 0 Å². The Morgan fingerprint density at radius 3 is 2.94 bits per heavy atom. The van der Waals surface area contributed by atoms with Gasteiger partial charge in [0.05, 0.1) is 5.92 Å². The van der Waals surface area contributed by atoms with E-state index in [4.69, 9.17) is 16.7 Å². The smallest absolute Gasteiger partial charge is 0.307 e. The molecule has 5 heteroatoms. The van der Waals surface area contributed by atoms with E-state index >= 15 is 0 Å². The standard InChI is InChI=1S/C12H13ClFNO2/c13-10-2-1-3-11(14)9(10)7-15-5-4-8(6-15)12(16)17/h1-3,8H,4-7H2,(H,16,17)/t8-/m1/s1. The van der Waals surface area contributed by atoms with Gasteiger partial charge >= 0.3 is 5.97 Å². The summed E-state index contributed by atoms with van der Waals surface area (Å²) in [5, 5.41) is 9.27. The Morgan fingerprint density at radius 2 is 2.35 bits per heavy atom. The molecule has 1 atom stereocenters. The maximum Gasteiger partial charge on any atom is 0.307 e. The van der Waals surface area contributed by atoms with E-state index < -0.39 is 5.97 Å². The van der Waals surface area contributed by atoms with Gasteiger partial charge in [-0.3, -0.25) is 9.69 Å². The zero-order valence-electron chi connectivity index (χ0n) is 9.20. The third kappa shape index (κ3) is 2.76. The van der Waals surface area contributed by atoms with Crippen molar-refractivity contribution in [1.29, 1.82) is 0 Å². The van der Waals surface area contributed by atoms with Gasteiger partial charge in [-0.25, -0.2) is 4.39 Å². The molecule has 0 aromatic heterocycles. The van der Waals surface area contributed by atoms with Gasteiger partial charge in [-0.15, -0.1) is 0 Å². The Balaban J connectivity index is 2.05. The zero-order valence-corrected chi connectivity index (χ0v) is 9.95. The summed E-state index contributed by atoms with van der Waals surface area (Å²) in [6.07, 6.45) is 0.613. The van der Waals surface area contributed by atoms with E-state index in [-0.39, 0.29) is 11.7 Å². The molecular formula is C12H13ClFNO2. The topological polar surface area (TPSA) is 40.5 Å². The molecule has 17 heavy (non-hydrogen) atoms. The first-order valence-electron chi connectivity index (χ1n) is 5.46. The van der Waals surface area contributed by atoms with Crippen LogP contribution in [0.25, 0.3) is 0 Å². The van der Waals surface area contributed by atoms with E-state index in [0.29, 0.717) is 36.6 Å². The predicted octanol–water partition coefficient (Wildman–Crippen LogP) is 2.39. The molecule has 0 bridgehead atoms. The van der Waals surface area contributed by atoms with Crippen LogP contribution < -0.4 is 0 Å². The SMILES string of the molecule is O=C(O)[C@@H]1CCN(Cc2c(F)cccc2Cl)C1. The highest BCUT2D eigenvalue weighted by Gasteiger charge is 2.28. The van der Waals surface area contributed by atoms with Crippen LogP contribution in [0.2, 0.25) is 5.02 Å². The summed E-state index contributed by atoms with van der Waals surface area (Å²) in [5.41, 5.74) is 0.445. The molecule has 1 aromatic carbocycles. The number of hydrogen-bond donors (Lipinski definition) is 1. The van der Waals surface area contributed by atoms with E-state index in [1.807, 2.05) is 4.90 Å². The van der Waals surface area contributed by atoms with Gasteiger partial charge in [0.2, 0.25) is 0 Å². The average molecular weight is 258 g/mol. The second-order valence-electron chi connectivity index (χ2n) is 4.26. The summed E-state index contributed by atoms with van der Waals surface area (Å²) in [6, 6.07) is 4.57. The van der Waals surface area contributed by atoms with Crippen molar-refractivity contribution in [3.63, 3.8) is 0 Å². The number of nitrogens with zero attached hydrogens (tertiary/aromatic N) is 1. The molecule has 92 valence electrons. The summed E-state index contributed by atoms with van der Waals surface area (Å²) in [7, 11) is 0. The minimum atomic E-state index is -0.785. The molecular weight excluding hydrogens is 245 g/mol. The van der Waals surface area contributed by atoms with Crippen LogP contribution >= 0.6 is 11.6 Å². The average Bonchev–Trinajstić information content (AvgIpc) is 2.72. The first-order chi connectivity index (χ1) is 8.08. The van der Waals surface area contributed by atoms with Crippen LogP contribution in [0.5, 0.6) is 0 Å². The lowest BCUT2D eigenvalue weighted by Crippen LogP contribution is -2.23. The Kier molecular flexibility index (Phi) is 3.64. The summed E-state index contributed by atoms with van der Waals surface area (Å²) in [5.74, 6) is -1.47. The molecule has 1 aliphatic rings. The molecule has 3 nitrogen and oxygen atoms in total. The van der Waals surface area contributed by atoms with Gasteiger partial charge in [-0.2, -0.15) is 0 Å². The van der Waals surface area contributed by atoms with Crippen LogP contribution in [0.4, 0.5) is 4.39 Å². The fraction of sp³-hybridized carbons (Fsp3) is 0.417. The molecule has 0 saturated carbocycles. The molecule has 0 amide bonds. The second-order valence-corrected chi connectivity index (χ2v) is 4.67. The van der Waals surface area contributed by atoms with Crippen molar-refractivity contribution < 1.29 is 14.3 Å². The highest BCUT2D eigenvalue weighted by molar-refractivity contribution is 6.31. The Hall–Kier alpha value is -1.13. The highest BCUT2D eigenvalue weighted by atomic mass is 35.5. The maximum atomic E-state index is 13.5. The first-order valence-corrected chi connectivity index (χ1v) is 5.84. The Labute approximate surface area is 104 Å². The number of carboxylic acid groups (broad SMARTS) is 1. The van der Waals surface area contributed by atoms with Gasteiger partial charge in [0.1, 0.15) is 5.82 Å². The van der Waals surface area contributed by atoms with Crippen molar-refractivity contribution >= 4 is 17.6 Å². The Morgan fingerprint density at radius 1 is 1.59 bits per heavy atom. The van der Waals surface area contributed by atoms with Crippen LogP contribution in [0, 0.1) is 11.7 Å². The van der Waals surface area contributed by atoms with Crippen LogP contribution in [0.1, 0.15) is 12.0 Å². The summed E-state index contributed by atoms with van der Waals surface area (Å²) >= 11 is 5.92. The lowest BCUT2D eigenvalue weighted by molar-refractivity contribution is -0.141. The van der Waals surface area contributed by atoms with Crippen molar-refractivity contribution in [2.24, 2.45) is 5.92 Å². The van der Waals surface area contributed by atoms with Crippen LogP contribution in [0.15, 0.2) is 18.2 Å². The number of rotatable bonds is 3. The van der Waals surface area contributed by atoms with E-state index in [1.165, 1.54) is 6.07 Å². The van der Waals surface area contributed by atoms with Crippen LogP contribution in [0.3, 0.4) is 0 Å². The molecule has 1 fully saturated rings. The van der Waals surface area contributed by atoms with Gasteiger partial charge in [-0.05, 0) is 25.1 Å². The molecule has 1 saturated heterocycles. The summed E-state index contributed by atoms with van der Waals surface area (Å²) in [4.78, 5) is 12.7. The zero-order chi connectivity index (χ0) is 12.4. The van der Waals surface area contributed by atoms with Gasteiger partial charge < -0.3 is 5.11 Å². The summed E-state index contributed by atoms with van der Waals surface area (Å²) in [6.45, 7) is 1.50. The third-order valence-corrected chi connectivity index (χ3v) is 3.42. The molecule has 0 spiro atoms. The molecule has 0 aliphatic carbocycles. The number of benzene rings is 1. The third-order valence-electron chi connectivity index (χ3n) is 3.07. The summed E-state index contributed by atoms with van der Waals surface area (Å²) < 4.78 is 13.5. The molecule has 1 N–H and O–H groups in total. The number of carbonyl (C=O) groups is 1. The van der Waals surface area contributed by atoms with Gasteiger partial charge in [-0.1, -0.05) is 17.7 Å². The second kappa shape index (κ2) is 5.02. The van der Waals surface area contributed by atoms with Gasteiger partial charge in [0.25, 0.3) is 0 Å². The number of halogens is 2. The predicted molar refractivity (Wildman–Crippen MR) is 62.4 cm³/mol. The lowest BCUT2D eigenvalue weighted by atomic mass is 10.1. The molecule has 1 aliphatic heterocycles. The number of aliphatic carboxylic acids is 1. The van der Waals surface area contributed by atoms with Crippen molar-refractivity contribution in [2.45, 2.75) is 13.0 Å². The van der Waals surface area contributed by atoms with Crippen LogP contribution in [-0.4, -0.2) is 29.1 Å². The molecule has 1 aromatic rings. The monoisotopic (exact) mass is 257 g/mol. The normalized spacial score (nSPS) is 20.7. The quantitative estimate of drug-likeness (QED) is 0.904. The first kappa shape index (κ1) is 12.3. The number of hydrogen-bond acceptors (Lipinski definition) is 2. The molecule has 0 unspecified atom stereocenters. The molecule has 1 heterocycles. The van der Waals surface area contributed by atoms with E-state index in [9.17, 15) is 9.18 Å². The minimum absolute atomic E-state index is 0.337. The lowest BCUT2D eigenvalue weighted by Gasteiger charge is -2.16. The van der Waals surface area contributed by atoms with E-state index in [1.54, 1.807) is 12.1 Å². The highest BCUT2D eigenvalue weighted by Crippen LogP contribution is 2.24. The van der Waals surface area contributed by atoms with E-state index in [0.717, 1.165) is 0 Å². The molecule has 2 rings (SSSR count). The van der Waals surface area contributed by atoms with E-state index in [2.05, 4.69) is 0 Å². The minimum Gasteiger partial charge on any atom is -0.481 e. The fourth-order valence-corrected chi connectivity index (χ4v) is 2.31. The maximum absolute atomic E-state index is 13.5. The number of carboxylic acids is 1. The van der Waals surface area contributed by atoms with Crippen LogP contribution in [-0.2, 0) is 11.3 Å². The molecule has 0 radical (unpaired) electrons. The number of likely N-dealkylation sites (tertiary alicyclic amines) is 1.